The monoisotopic (exact) mass is 511 g/mol. The van der Waals surface area contributed by atoms with Gasteiger partial charge in [-0.2, -0.15) is 0 Å². The normalized spacial score (nSPS) is 17.1. The Morgan fingerprint density at radius 3 is 2.17 bits per heavy atom. The Kier molecular flexibility index (Phi) is 6.79. The van der Waals surface area contributed by atoms with Gasteiger partial charge in [0.1, 0.15) is 10.8 Å². The van der Waals surface area contributed by atoms with E-state index in [2.05, 4.69) is 0 Å². The zero-order valence-corrected chi connectivity index (χ0v) is 21.1. The standard InChI is InChI=1S/C27H23Cl2NO5/c1-14-9-11-16(12-10-14)30-22(17-8-6-5-7-15(17)2)20(24(32)27(30)33)23(31)18-13-19(28)26(35-4)21(29)25(18)34-3/h5-13,22,31H,1-4H3/b23-20+. The molecule has 1 fully saturated rings. The molecule has 0 saturated carbocycles. The molecule has 0 spiro atoms. The molecule has 1 N–H and O–H groups in total. The highest BCUT2D eigenvalue weighted by Crippen LogP contribution is 2.48. The first kappa shape index (κ1) is 24.6. The number of nitrogens with zero attached hydrogens (tertiary/aromatic N) is 1. The van der Waals surface area contributed by atoms with Gasteiger partial charge >= 0.3 is 0 Å². The number of aryl methyl sites for hydroxylation is 2. The van der Waals surface area contributed by atoms with Crippen LogP contribution in [0.25, 0.3) is 5.76 Å². The van der Waals surface area contributed by atoms with Gasteiger partial charge in [-0.3, -0.25) is 14.5 Å². The molecule has 1 aliphatic heterocycles. The molecule has 8 heteroatoms. The van der Waals surface area contributed by atoms with Crippen molar-refractivity contribution in [2.24, 2.45) is 0 Å². The van der Waals surface area contributed by atoms with Gasteiger partial charge in [0.05, 0.1) is 36.4 Å². The molecule has 3 aromatic carbocycles. The van der Waals surface area contributed by atoms with Gasteiger partial charge in [-0.15, -0.1) is 0 Å². The Balaban J connectivity index is 2.03. The summed E-state index contributed by atoms with van der Waals surface area (Å²) in [6, 6.07) is 15.2. The molecule has 1 amide bonds. The van der Waals surface area contributed by atoms with E-state index in [1.807, 2.05) is 50.2 Å². The van der Waals surface area contributed by atoms with Gasteiger partial charge in [-0.05, 0) is 43.2 Å². The number of aliphatic hydroxyl groups excluding tert-OH is 1. The van der Waals surface area contributed by atoms with E-state index in [4.69, 9.17) is 32.7 Å². The molecule has 0 aromatic heterocycles. The highest BCUT2D eigenvalue weighted by molar-refractivity contribution is 6.52. The molecule has 1 aliphatic rings. The number of methoxy groups -OCH3 is 2. The van der Waals surface area contributed by atoms with Gasteiger partial charge in [-0.25, -0.2) is 0 Å². The molecule has 180 valence electrons. The largest absolute Gasteiger partial charge is 0.507 e. The number of hydrogen-bond donors (Lipinski definition) is 1. The quantitative estimate of drug-likeness (QED) is 0.248. The summed E-state index contributed by atoms with van der Waals surface area (Å²) in [6.07, 6.45) is 0. The first-order chi connectivity index (χ1) is 16.7. The van der Waals surface area contributed by atoms with Crippen LogP contribution in [-0.2, 0) is 9.59 Å². The fourth-order valence-electron chi connectivity index (χ4n) is 4.28. The van der Waals surface area contributed by atoms with E-state index in [0.717, 1.165) is 11.1 Å². The van der Waals surface area contributed by atoms with E-state index in [1.165, 1.54) is 25.2 Å². The molecule has 4 rings (SSSR count). The molecule has 1 unspecified atom stereocenters. The van der Waals surface area contributed by atoms with Crippen LogP contribution in [0.15, 0.2) is 60.2 Å². The number of rotatable bonds is 5. The molecule has 1 heterocycles. The minimum Gasteiger partial charge on any atom is -0.507 e. The lowest BCUT2D eigenvalue weighted by Gasteiger charge is -2.27. The van der Waals surface area contributed by atoms with Gasteiger partial charge < -0.3 is 14.6 Å². The van der Waals surface area contributed by atoms with Crippen LogP contribution in [-0.4, -0.2) is 31.0 Å². The number of carbonyl (C=O) groups is 2. The Bertz CT molecular complexity index is 1360. The average molecular weight is 512 g/mol. The van der Waals surface area contributed by atoms with Crippen molar-refractivity contribution in [2.75, 3.05) is 19.1 Å². The van der Waals surface area contributed by atoms with Gasteiger partial charge in [0.25, 0.3) is 11.7 Å². The minimum absolute atomic E-state index is 0.0317. The van der Waals surface area contributed by atoms with Crippen LogP contribution < -0.4 is 14.4 Å². The Labute approximate surface area is 213 Å². The zero-order valence-electron chi connectivity index (χ0n) is 19.6. The number of carbonyl (C=O) groups excluding carboxylic acids is 2. The molecule has 35 heavy (non-hydrogen) atoms. The van der Waals surface area contributed by atoms with Crippen molar-refractivity contribution in [1.29, 1.82) is 0 Å². The zero-order chi connectivity index (χ0) is 25.4. The van der Waals surface area contributed by atoms with Crippen LogP contribution in [0.1, 0.15) is 28.3 Å². The molecule has 1 saturated heterocycles. The number of halogens is 2. The molecular formula is C27H23Cl2NO5. The van der Waals surface area contributed by atoms with E-state index >= 15 is 0 Å². The third-order valence-corrected chi connectivity index (χ3v) is 6.66. The second-order valence-electron chi connectivity index (χ2n) is 8.15. The fourth-order valence-corrected chi connectivity index (χ4v) is 4.97. The first-order valence-corrected chi connectivity index (χ1v) is 11.5. The van der Waals surface area contributed by atoms with E-state index in [0.29, 0.717) is 11.3 Å². The maximum absolute atomic E-state index is 13.4. The molecule has 6 nitrogen and oxygen atoms in total. The summed E-state index contributed by atoms with van der Waals surface area (Å²) in [5, 5.41) is 11.6. The first-order valence-electron chi connectivity index (χ1n) is 10.7. The summed E-state index contributed by atoms with van der Waals surface area (Å²) in [5.41, 5.74) is 3.05. The van der Waals surface area contributed by atoms with E-state index in [-0.39, 0.29) is 32.7 Å². The average Bonchev–Trinajstić information content (AvgIpc) is 3.09. The summed E-state index contributed by atoms with van der Waals surface area (Å²) in [6.45, 7) is 3.81. The molecule has 1 atom stereocenters. The lowest BCUT2D eigenvalue weighted by Crippen LogP contribution is -2.29. The summed E-state index contributed by atoms with van der Waals surface area (Å²) < 4.78 is 10.7. The molecule has 0 aliphatic carbocycles. The number of benzene rings is 3. The number of anilines is 1. The maximum Gasteiger partial charge on any atom is 0.300 e. The van der Waals surface area contributed by atoms with Gasteiger partial charge in [0.2, 0.25) is 0 Å². The number of aliphatic hydroxyl groups is 1. The predicted octanol–water partition coefficient (Wildman–Crippen LogP) is 6.25. The summed E-state index contributed by atoms with van der Waals surface area (Å²) >= 11 is 12.8. The SMILES string of the molecule is COc1c(Cl)cc(/C(O)=C2\C(=O)C(=O)N(c3ccc(C)cc3)C2c2ccccc2C)c(OC)c1Cl. The highest BCUT2D eigenvalue weighted by atomic mass is 35.5. The third kappa shape index (κ3) is 4.13. The number of ether oxygens (including phenoxy) is 2. The van der Waals surface area contributed by atoms with Crippen molar-refractivity contribution in [3.8, 4) is 11.5 Å². The molecule has 0 bridgehead atoms. The van der Waals surface area contributed by atoms with Crippen molar-refractivity contribution in [1.82, 2.24) is 0 Å². The molecular weight excluding hydrogens is 489 g/mol. The number of Topliss-reactive ketones (excluding diaryl/α,β-unsaturated/α-hetero) is 1. The van der Waals surface area contributed by atoms with E-state index in [1.54, 1.807) is 12.1 Å². The topological polar surface area (TPSA) is 76.1 Å². The fraction of sp³-hybridized carbons (Fsp3) is 0.185. The Morgan fingerprint density at radius 2 is 1.57 bits per heavy atom. The van der Waals surface area contributed by atoms with Crippen molar-refractivity contribution in [3.63, 3.8) is 0 Å². The summed E-state index contributed by atoms with van der Waals surface area (Å²) in [4.78, 5) is 28.2. The summed E-state index contributed by atoms with van der Waals surface area (Å²) in [5.74, 6) is -1.81. The highest BCUT2D eigenvalue weighted by Gasteiger charge is 2.47. The summed E-state index contributed by atoms with van der Waals surface area (Å²) in [7, 11) is 2.77. The van der Waals surface area contributed by atoms with E-state index in [9.17, 15) is 14.7 Å². The van der Waals surface area contributed by atoms with Crippen molar-refractivity contribution >= 4 is 46.3 Å². The van der Waals surface area contributed by atoms with Gasteiger partial charge in [0, 0.05) is 5.69 Å². The molecule has 3 aromatic rings. The van der Waals surface area contributed by atoms with E-state index < -0.39 is 23.5 Å². The second kappa shape index (κ2) is 9.64. The van der Waals surface area contributed by atoms with Crippen molar-refractivity contribution < 1.29 is 24.2 Å². The van der Waals surface area contributed by atoms with Crippen molar-refractivity contribution in [3.05, 3.63) is 92.5 Å². The van der Waals surface area contributed by atoms with Crippen LogP contribution in [0.5, 0.6) is 11.5 Å². The molecule has 0 radical (unpaired) electrons. The number of hydrogen-bond acceptors (Lipinski definition) is 5. The predicted molar refractivity (Wildman–Crippen MR) is 137 cm³/mol. The Hall–Kier alpha value is -3.48. The lowest BCUT2D eigenvalue weighted by molar-refractivity contribution is -0.132. The van der Waals surface area contributed by atoms with Gasteiger partial charge in [-0.1, -0.05) is 65.2 Å². The third-order valence-electron chi connectivity index (χ3n) is 6.03. The van der Waals surface area contributed by atoms with Gasteiger partial charge in [0.15, 0.2) is 11.5 Å². The van der Waals surface area contributed by atoms with Crippen molar-refractivity contribution in [2.45, 2.75) is 19.9 Å². The number of amides is 1. The smallest absolute Gasteiger partial charge is 0.300 e. The van der Waals surface area contributed by atoms with Crippen LogP contribution in [0.2, 0.25) is 10.0 Å². The van der Waals surface area contributed by atoms with Crippen LogP contribution in [0, 0.1) is 13.8 Å². The van der Waals surface area contributed by atoms with Crippen LogP contribution in [0.3, 0.4) is 0 Å². The van der Waals surface area contributed by atoms with Crippen LogP contribution >= 0.6 is 23.2 Å². The second-order valence-corrected chi connectivity index (χ2v) is 8.93. The maximum atomic E-state index is 13.4. The van der Waals surface area contributed by atoms with Crippen LogP contribution in [0.4, 0.5) is 5.69 Å². The number of ketones is 1. The minimum atomic E-state index is -0.886. The lowest BCUT2D eigenvalue weighted by atomic mass is 9.92. The Morgan fingerprint density at radius 1 is 0.943 bits per heavy atom.